The number of esters is 1. The molecule has 0 saturated carbocycles. The van der Waals surface area contributed by atoms with E-state index in [9.17, 15) is 19.5 Å². The van der Waals surface area contributed by atoms with Crippen LogP contribution in [-0.4, -0.2) is 81.3 Å². The fourth-order valence-corrected chi connectivity index (χ4v) is 6.57. The van der Waals surface area contributed by atoms with Crippen LogP contribution in [-0.2, 0) is 23.7 Å². The maximum absolute atomic E-state index is 13.8. The van der Waals surface area contributed by atoms with Crippen molar-refractivity contribution in [2.45, 2.75) is 77.7 Å². The zero-order chi connectivity index (χ0) is 35.9. The van der Waals surface area contributed by atoms with E-state index in [-0.39, 0.29) is 43.8 Å². The smallest absolute Gasteiger partial charge is 0.408 e. The standard InChI is InChI=1S/C35H46N2O12/c1-33(2,3)48-31(40)36-14-19(37-32(41)49-34(4,5)6)15-44-29-21-13-24-23(46-17-47-24)12-20(21)27(35(7)22(29)16-45-30(35)39)18-10-25(42-8)28(38)26(11-18)43-9/h10-13,19,22,27,29,38H,14-17H2,1-9H3,(H,36,40)(H,37,41)/t19?,22-,27-,29-,35+/m1/s1. The second-order valence-corrected chi connectivity index (χ2v) is 14.5. The Kier molecular flexibility index (Phi) is 9.75. The normalized spacial score (nSPS) is 23.0. The Labute approximate surface area is 285 Å². The maximum Gasteiger partial charge on any atom is 0.408 e. The third-order valence-corrected chi connectivity index (χ3v) is 8.69. The molecule has 0 bridgehead atoms. The number of phenolic OH excluding ortho intramolecular Hbond substituents is 1. The van der Waals surface area contributed by atoms with Crippen molar-refractivity contribution in [1.82, 2.24) is 10.6 Å². The highest BCUT2D eigenvalue weighted by Gasteiger charge is 2.61. The van der Waals surface area contributed by atoms with Gasteiger partial charge in [0.15, 0.2) is 23.0 Å². The van der Waals surface area contributed by atoms with Gasteiger partial charge in [-0.25, -0.2) is 9.59 Å². The van der Waals surface area contributed by atoms with Crippen LogP contribution in [0.15, 0.2) is 24.3 Å². The molecule has 5 rings (SSSR count). The minimum Gasteiger partial charge on any atom is -0.502 e. The van der Waals surface area contributed by atoms with Crippen LogP contribution in [0.3, 0.4) is 0 Å². The van der Waals surface area contributed by atoms with Gasteiger partial charge in [-0.1, -0.05) is 0 Å². The van der Waals surface area contributed by atoms with Gasteiger partial charge in [0.1, 0.15) is 11.2 Å². The Morgan fingerprint density at radius 3 is 2.06 bits per heavy atom. The largest absolute Gasteiger partial charge is 0.502 e. The Morgan fingerprint density at radius 1 is 0.918 bits per heavy atom. The van der Waals surface area contributed by atoms with Crippen LogP contribution in [0.25, 0.3) is 0 Å². The lowest BCUT2D eigenvalue weighted by Gasteiger charge is -2.45. The summed E-state index contributed by atoms with van der Waals surface area (Å²) in [7, 11) is 2.87. The number of hydrogen-bond donors (Lipinski definition) is 3. The van der Waals surface area contributed by atoms with E-state index in [1.807, 2.05) is 19.1 Å². The van der Waals surface area contributed by atoms with E-state index in [0.717, 1.165) is 5.56 Å². The number of rotatable bonds is 9. The molecule has 49 heavy (non-hydrogen) atoms. The SMILES string of the molecule is COc1cc([C@@H]2c3cc4c(cc3[C@@H](OCC(CNC(=O)OC(C)(C)C)NC(=O)OC(C)(C)C)[C@H]3COC(=O)[C@]23C)OCO4)cc(OC)c1O. The molecule has 14 nitrogen and oxygen atoms in total. The highest BCUT2D eigenvalue weighted by atomic mass is 16.7. The number of benzene rings is 2. The van der Waals surface area contributed by atoms with Crippen molar-refractivity contribution < 1.29 is 57.4 Å². The molecule has 2 amide bonds. The number of alkyl carbamates (subject to hydrolysis) is 2. The number of aromatic hydroxyl groups is 1. The lowest BCUT2D eigenvalue weighted by Crippen LogP contribution is -2.50. The molecule has 5 atom stereocenters. The summed E-state index contributed by atoms with van der Waals surface area (Å²) in [5.74, 6) is -0.355. The number of fused-ring (bicyclic) bond motifs is 3. The zero-order valence-corrected chi connectivity index (χ0v) is 29.4. The van der Waals surface area contributed by atoms with Crippen molar-refractivity contribution >= 4 is 18.2 Å². The lowest BCUT2D eigenvalue weighted by molar-refractivity contribution is -0.147. The van der Waals surface area contributed by atoms with Gasteiger partial charge in [-0.2, -0.15) is 0 Å². The minimum atomic E-state index is -1.17. The van der Waals surface area contributed by atoms with Gasteiger partial charge in [-0.05, 0) is 89.4 Å². The van der Waals surface area contributed by atoms with Gasteiger partial charge in [-0.15, -0.1) is 0 Å². The maximum atomic E-state index is 13.8. The van der Waals surface area contributed by atoms with Crippen molar-refractivity contribution in [1.29, 1.82) is 0 Å². The number of nitrogens with one attached hydrogen (secondary N) is 2. The van der Waals surface area contributed by atoms with Gasteiger partial charge in [0, 0.05) is 18.4 Å². The summed E-state index contributed by atoms with van der Waals surface area (Å²) in [6.07, 6.45) is -2.08. The molecule has 2 aliphatic heterocycles. The number of carbonyl (C=O) groups excluding carboxylic acids is 3. The summed E-state index contributed by atoms with van der Waals surface area (Å²) in [6.45, 7) is 12.3. The molecule has 14 heteroatoms. The minimum absolute atomic E-state index is 0.0240. The molecular formula is C35H46N2O12. The number of phenols is 1. The first-order valence-electron chi connectivity index (χ1n) is 16.1. The van der Waals surface area contributed by atoms with E-state index in [1.165, 1.54) is 14.2 Å². The van der Waals surface area contributed by atoms with Crippen LogP contribution in [0.1, 0.15) is 77.2 Å². The summed E-state index contributed by atoms with van der Waals surface area (Å²) >= 11 is 0. The van der Waals surface area contributed by atoms with E-state index in [0.29, 0.717) is 22.6 Å². The van der Waals surface area contributed by atoms with Crippen LogP contribution in [0.4, 0.5) is 9.59 Å². The molecule has 0 spiro atoms. The van der Waals surface area contributed by atoms with Crippen molar-refractivity contribution in [3.63, 3.8) is 0 Å². The average molecular weight is 687 g/mol. The summed E-state index contributed by atoms with van der Waals surface area (Å²) < 4.78 is 45.7. The third kappa shape index (κ3) is 7.38. The monoisotopic (exact) mass is 686 g/mol. The topological polar surface area (TPSA) is 169 Å². The quantitative estimate of drug-likeness (QED) is 0.240. The van der Waals surface area contributed by atoms with E-state index >= 15 is 0 Å². The molecule has 1 saturated heterocycles. The molecule has 1 aliphatic carbocycles. The van der Waals surface area contributed by atoms with Gasteiger partial charge in [0.2, 0.25) is 12.5 Å². The first kappa shape index (κ1) is 35.7. The molecule has 268 valence electrons. The first-order valence-corrected chi connectivity index (χ1v) is 16.1. The molecule has 1 fully saturated rings. The van der Waals surface area contributed by atoms with Crippen molar-refractivity contribution in [3.8, 4) is 28.7 Å². The number of amides is 2. The fourth-order valence-electron chi connectivity index (χ4n) is 6.57. The molecule has 3 N–H and O–H groups in total. The van der Waals surface area contributed by atoms with E-state index in [4.69, 9.17) is 37.9 Å². The predicted molar refractivity (Wildman–Crippen MR) is 174 cm³/mol. The van der Waals surface area contributed by atoms with Crippen LogP contribution in [0.2, 0.25) is 0 Å². The first-order chi connectivity index (χ1) is 22.9. The van der Waals surface area contributed by atoms with Crippen LogP contribution < -0.4 is 29.6 Å². The molecule has 3 aliphatic rings. The van der Waals surface area contributed by atoms with Crippen molar-refractivity contribution in [2.24, 2.45) is 11.3 Å². The van der Waals surface area contributed by atoms with Gasteiger partial charge in [-0.3, -0.25) is 4.79 Å². The number of methoxy groups -OCH3 is 2. The Balaban J connectivity index is 1.54. The van der Waals surface area contributed by atoms with Crippen LogP contribution in [0, 0.1) is 11.3 Å². The van der Waals surface area contributed by atoms with Crippen LogP contribution >= 0.6 is 0 Å². The van der Waals surface area contributed by atoms with Gasteiger partial charge in [0.05, 0.1) is 45.0 Å². The molecule has 2 aromatic carbocycles. The zero-order valence-electron chi connectivity index (χ0n) is 29.4. The van der Waals surface area contributed by atoms with E-state index < -0.39 is 58.8 Å². The van der Waals surface area contributed by atoms with Crippen molar-refractivity contribution in [3.05, 3.63) is 41.0 Å². The third-order valence-electron chi connectivity index (χ3n) is 8.69. The van der Waals surface area contributed by atoms with E-state index in [1.54, 1.807) is 53.7 Å². The second kappa shape index (κ2) is 13.4. The predicted octanol–water partition coefficient (Wildman–Crippen LogP) is 4.94. The van der Waals surface area contributed by atoms with Crippen molar-refractivity contribution in [2.75, 3.05) is 40.8 Å². The molecule has 1 unspecified atom stereocenters. The lowest BCUT2D eigenvalue weighted by atomic mass is 9.57. The Morgan fingerprint density at radius 2 is 1.49 bits per heavy atom. The average Bonchev–Trinajstić information content (AvgIpc) is 3.58. The second-order valence-electron chi connectivity index (χ2n) is 14.5. The molecule has 2 aromatic rings. The van der Waals surface area contributed by atoms with Crippen LogP contribution in [0.5, 0.6) is 28.7 Å². The van der Waals surface area contributed by atoms with Gasteiger partial charge >= 0.3 is 18.2 Å². The molecule has 2 heterocycles. The number of carbonyl (C=O) groups is 3. The summed E-state index contributed by atoms with van der Waals surface area (Å²) in [5, 5.41) is 16.2. The molecule has 0 radical (unpaired) electrons. The number of cyclic esters (lactones) is 1. The van der Waals surface area contributed by atoms with Gasteiger partial charge < -0.3 is 53.6 Å². The fraction of sp³-hybridized carbons (Fsp3) is 0.571. The summed E-state index contributed by atoms with van der Waals surface area (Å²) in [4.78, 5) is 39.2. The highest BCUT2D eigenvalue weighted by Crippen LogP contribution is 2.62. The number of ether oxygens (including phenoxy) is 8. The summed E-state index contributed by atoms with van der Waals surface area (Å²) in [5.41, 5.74) is -0.587. The highest BCUT2D eigenvalue weighted by molar-refractivity contribution is 5.83. The van der Waals surface area contributed by atoms with E-state index in [2.05, 4.69) is 10.6 Å². The van der Waals surface area contributed by atoms with Gasteiger partial charge in [0.25, 0.3) is 0 Å². The Bertz CT molecular complexity index is 1570. The Hall–Kier alpha value is -4.59. The molecule has 0 aromatic heterocycles. The molecular weight excluding hydrogens is 640 g/mol. The summed E-state index contributed by atoms with van der Waals surface area (Å²) in [6, 6.07) is 6.26. The number of hydrogen-bond acceptors (Lipinski definition) is 12.